The lowest BCUT2D eigenvalue weighted by Crippen LogP contribution is -2.09. The van der Waals surface area contributed by atoms with Gasteiger partial charge in [-0.2, -0.15) is 0 Å². The molecule has 0 atom stereocenters. The van der Waals surface area contributed by atoms with Gasteiger partial charge in [-0.15, -0.1) is 0 Å². The number of halogens is 1. The topological polar surface area (TPSA) is 71.1 Å². The number of sulfonamides is 1. The fourth-order valence-electron chi connectivity index (χ4n) is 2.28. The summed E-state index contributed by atoms with van der Waals surface area (Å²) in [5, 5.41) is 3.14. The molecule has 5 nitrogen and oxygen atoms in total. The summed E-state index contributed by atoms with van der Waals surface area (Å²) in [4.78, 5) is 4.44. The Morgan fingerprint density at radius 2 is 1.65 bits per heavy atom. The first kappa shape index (κ1) is 33.0. The molecule has 1 heterocycles. The molecule has 0 bridgehead atoms. The molecular formula is C27H40FN3O2S. The number of nitrogens with zero attached hydrogens (tertiary/aromatic N) is 1. The second-order valence-electron chi connectivity index (χ2n) is 6.36. The zero-order valence-corrected chi connectivity index (χ0v) is 22.5. The number of benzene rings is 1. The van der Waals surface area contributed by atoms with Crippen molar-refractivity contribution >= 4 is 21.5 Å². The maximum Gasteiger partial charge on any atom is 0.229 e. The Morgan fingerprint density at radius 1 is 1.06 bits per heavy atom. The van der Waals surface area contributed by atoms with E-state index in [2.05, 4.69) is 21.6 Å². The van der Waals surface area contributed by atoms with Crippen LogP contribution in [0.15, 0.2) is 85.5 Å². The van der Waals surface area contributed by atoms with Crippen molar-refractivity contribution in [1.29, 1.82) is 0 Å². The fourth-order valence-corrected chi connectivity index (χ4v) is 2.85. The first-order valence-corrected chi connectivity index (χ1v) is 13.1. The van der Waals surface area contributed by atoms with Gasteiger partial charge in [-0.25, -0.2) is 17.8 Å². The van der Waals surface area contributed by atoms with Crippen LogP contribution in [0.3, 0.4) is 0 Å². The molecule has 188 valence electrons. The van der Waals surface area contributed by atoms with Crippen LogP contribution in [-0.2, 0) is 10.0 Å². The van der Waals surface area contributed by atoms with Crippen molar-refractivity contribution in [2.75, 3.05) is 16.3 Å². The summed E-state index contributed by atoms with van der Waals surface area (Å²) in [6.07, 6.45) is 13.3. The minimum Gasteiger partial charge on any atom is -0.346 e. The Hall–Kier alpha value is -3.19. The summed E-state index contributed by atoms with van der Waals surface area (Å²) in [7, 11) is -3.26. The zero-order valence-electron chi connectivity index (χ0n) is 21.7. The average Bonchev–Trinajstić information content (AvgIpc) is 2.80. The Balaban J connectivity index is 0. The van der Waals surface area contributed by atoms with E-state index in [-0.39, 0.29) is 5.83 Å². The van der Waals surface area contributed by atoms with Crippen LogP contribution >= 0.6 is 0 Å². The summed E-state index contributed by atoms with van der Waals surface area (Å²) in [6, 6.07) is 9.24. The molecule has 0 spiro atoms. The number of hydrogen-bond acceptors (Lipinski definition) is 4. The van der Waals surface area contributed by atoms with E-state index in [1.165, 1.54) is 19.1 Å². The van der Waals surface area contributed by atoms with Gasteiger partial charge < -0.3 is 5.32 Å². The van der Waals surface area contributed by atoms with Crippen molar-refractivity contribution in [2.45, 2.75) is 48.5 Å². The summed E-state index contributed by atoms with van der Waals surface area (Å²) < 4.78 is 36.4. The summed E-state index contributed by atoms with van der Waals surface area (Å²) in [5.74, 6) is 0.597. The highest BCUT2D eigenvalue weighted by atomic mass is 32.2. The molecule has 0 unspecified atom stereocenters. The van der Waals surface area contributed by atoms with Gasteiger partial charge in [-0.1, -0.05) is 64.6 Å². The summed E-state index contributed by atoms with van der Waals surface area (Å²) in [5.41, 5.74) is 3.51. The Bertz CT molecular complexity index is 1020. The zero-order chi connectivity index (χ0) is 26.6. The van der Waals surface area contributed by atoms with Crippen LogP contribution in [0.25, 0.3) is 11.1 Å². The lowest BCUT2D eigenvalue weighted by molar-refractivity contribution is 0.607. The van der Waals surface area contributed by atoms with E-state index in [9.17, 15) is 12.8 Å². The molecule has 7 heteroatoms. The summed E-state index contributed by atoms with van der Waals surface area (Å²) in [6.45, 7) is 16.6. The third-order valence-electron chi connectivity index (χ3n) is 3.57. The molecule has 2 rings (SSSR count). The quantitative estimate of drug-likeness (QED) is 0.386. The minimum atomic E-state index is -3.26. The van der Waals surface area contributed by atoms with Gasteiger partial charge in [0.1, 0.15) is 5.82 Å². The van der Waals surface area contributed by atoms with Crippen molar-refractivity contribution in [3.63, 3.8) is 0 Å². The molecule has 0 saturated heterocycles. The molecule has 2 aromatic rings. The lowest BCUT2D eigenvalue weighted by atomic mass is 10.1. The molecule has 34 heavy (non-hydrogen) atoms. The van der Waals surface area contributed by atoms with Gasteiger partial charge >= 0.3 is 0 Å². The maximum absolute atomic E-state index is 11.5. The SMILES string of the molecule is C/C=C/C=C/Nc1ncc(-c2ccc(NS(C)(=O)=O)cc2)cc1C.C=C/C=C(\C)F.CC.CC. The predicted molar refractivity (Wildman–Crippen MR) is 148 cm³/mol. The fraction of sp³-hybridized carbons (Fsp3) is 0.296. The molecule has 2 N–H and O–H groups in total. The van der Waals surface area contributed by atoms with E-state index in [1.54, 1.807) is 18.3 Å². The molecular weight excluding hydrogens is 449 g/mol. The monoisotopic (exact) mass is 489 g/mol. The molecule has 0 fully saturated rings. The number of anilines is 2. The van der Waals surface area contributed by atoms with Crippen molar-refractivity contribution < 1.29 is 12.8 Å². The van der Waals surface area contributed by atoms with Crippen molar-refractivity contribution in [2.24, 2.45) is 0 Å². The van der Waals surface area contributed by atoms with E-state index in [4.69, 9.17) is 0 Å². The van der Waals surface area contributed by atoms with E-state index in [0.717, 1.165) is 28.8 Å². The molecule has 0 aliphatic carbocycles. The van der Waals surface area contributed by atoms with E-state index >= 15 is 0 Å². The Labute approximate surface area is 206 Å². The number of aromatic nitrogens is 1. The average molecular weight is 490 g/mol. The van der Waals surface area contributed by atoms with Gasteiger partial charge in [0.15, 0.2) is 0 Å². The highest BCUT2D eigenvalue weighted by Gasteiger charge is 2.05. The predicted octanol–water partition coefficient (Wildman–Crippen LogP) is 8.03. The lowest BCUT2D eigenvalue weighted by Gasteiger charge is -2.09. The van der Waals surface area contributed by atoms with Crippen LogP contribution in [0.4, 0.5) is 15.9 Å². The second-order valence-corrected chi connectivity index (χ2v) is 8.11. The Morgan fingerprint density at radius 3 is 2.06 bits per heavy atom. The van der Waals surface area contributed by atoms with E-state index in [1.807, 2.05) is 84.2 Å². The number of nitrogens with one attached hydrogen (secondary N) is 2. The Kier molecular flexibility index (Phi) is 18.7. The van der Waals surface area contributed by atoms with Crippen LogP contribution in [0.1, 0.15) is 47.1 Å². The van der Waals surface area contributed by atoms with E-state index in [0.29, 0.717) is 5.69 Å². The van der Waals surface area contributed by atoms with Crippen LogP contribution in [0, 0.1) is 6.92 Å². The van der Waals surface area contributed by atoms with Crippen molar-refractivity contribution in [1.82, 2.24) is 4.98 Å². The van der Waals surface area contributed by atoms with Crippen LogP contribution in [0.2, 0.25) is 0 Å². The van der Waals surface area contributed by atoms with Gasteiger partial charge in [0.2, 0.25) is 10.0 Å². The van der Waals surface area contributed by atoms with Gasteiger partial charge in [-0.05, 0) is 62.2 Å². The molecule has 0 aliphatic rings. The number of hydrogen-bond donors (Lipinski definition) is 2. The molecule has 1 aromatic heterocycles. The minimum absolute atomic E-state index is 0.204. The standard InChI is InChI=1S/C18H21N3O2S.C5H7F.2C2H6/c1-4-5-6-11-19-18-14(2)12-16(13-20-18)15-7-9-17(10-8-15)21-24(3,22)23;1-3-4-5(2)6;2*1-2/h4-13,21H,1-3H3,(H,19,20);3-4H,1H2,2H3;2*1-2H3/b5-4+,11-6+;5-4+;;. The van der Waals surface area contributed by atoms with Gasteiger partial charge in [0.05, 0.1) is 12.1 Å². The molecule has 1 aromatic carbocycles. The van der Waals surface area contributed by atoms with Gasteiger partial charge in [0, 0.05) is 23.6 Å². The van der Waals surface area contributed by atoms with Crippen LogP contribution < -0.4 is 10.0 Å². The first-order valence-electron chi connectivity index (χ1n) is 11.2. The molecule has 0 saturated carbocycles. The van der Waals surface area contributed by atoms with E-state index < -0.39 is 10.0 Å². The second kappa shape index (κ2) is 19.3. The van der Waals surface area contributed by atoms with Crippen molar-refractivity contribution in [3.05, 3.63) is 91.1 Å². The molecule has 0 aliphatic heterocycles. The van der Waals surface area contributed by atoms with Crippen LogP contribution in [-0.4, -0.2) is 19.7 Å². The number of allylic oxidation sites excluding steroid dienone is 6. The van der Waals surface area contributed by atoms with Gasteiger partial charge in [0.25, 0.3) is 0 Å². The number of pyridine rings is 1. The largest absolute Gasteiger partial charge is 0.346 e. The third kappa shape index (κ3) is 15.6. The normalized spacial score (nSPS) is 10.8. The smallest absolute Gasteiger partial charge is 0.229 e. The highest BCUT2D eigenvalue weighted by Crippen LogP contribution is 2.24. The summed E-state index contributed by atoms with van der Waals surface area (Å²) >= 11 is 0. The molecule has 0 amide bonds. The third-order valence-corrected chi connectivity index (χ3v) is 4.17. The number of aryl methyl sites for hydroxylation is 1. The van der Waals surface area contributed by atoms with Gasteiger partial charge in [-0.3, -0.25) is 4.72 Å². The maximum atomic E-state index is 11.5. The number of rotatable bonds is 7. The molecule has 0 radical (unpaired) electrons. The first-order chi connectivity index (χ1) is 16.2. The van der Waals surface area contributed by atoms with Crippen LogP contribution in [0.5, 0.6) is 0 Å². The van der Waals surface area contributed by atoms with Crippen molar-refractivity contribution in [3.8, 4) is 11.1 Å². The highest BCUT2D eigenvalue weighted by molar-refractivity contribution is 7.92.